The summed E-state index contributed by atoms with van der Waals surface area (Å²) in [5.41, 5.74) is 0.958. The summed E-state index contributed by atoms with van der Waals surface area (Å²) in [6, 6.07) is 5.07. The van der Waals surface area contributed by atoms with Gasteiger partial charge in [-0.3, -0.25) is 0 Å². The van der Waals surface area contributed by atoms with Gasteiger partial charge < -0.3 is 4.90 Å². The summed E-state index contributed by atoms with van der Waals surface area (Å²) >= 11 is 6.07. The molecular weight excluding hydrogens is 284 g/mol. The van der Waals surface area contributed by atoms with E-state index in [2.05, 4.69) is 11.8 Å². The van der Waals surface area contributed by atoms with Crippen molar-refractivity contribution in [3.05, 3.63) is 28.8 Å². The Morgan fingerprint density at radius 3 is 2.37 bits per heavy atom. The van der Waals surface area contributed by atoms with Gasteiger partial charge >= 0.3 is 0 Å². The van der Waals surface area contributed by atoms with Crippen LogP contribution in [0, 0.1) is 6.92 Å². The first-order valence-electron chi connectivity index (χ1n) is 6.44. The molecule has 0 amide bonds. The van der Waals surface area contributed by atoms with Crippen LogP contribution in [0.25, 0.3) is 0 Å². The number of aryl methyl sites for hydroxylation is 1. The van der Waals surface area contributed by atoms with Crippen LogP contribution in [0.5, 0.6) is 0 Å². The maximum Gasteiger partial charge on any atom is 0.244 e. The number of halogens is 1. The van der Waals surface area contributed by atoms with E-state index in [1.54, 1.807) is 18.2 Å². The number of likely N-dealkylation sites (N-methyl/N-ethyl adjacent to an activating group) is 1. The first-order valence-corrected chi connectivity index (χ1v) is 8.25. The second-order valence-corrected chi connectivity index (χ2v) is 7.09. The molecule has 1 fully saturated rings. The van der Waals surface area contributed by atoms with Crippen LogP contribution in [0.3, 0.4) is 0 Å². The van der Waals surface area contributed by atoms with Crippen LogP contribution < -0.4 is 0 Å². The van der Waals surface area contributed by atoms with E-state index >= 15 is 0 Å². The third-order valence-corrected chi connectivity index (χ3v) is 5.87. The van der Waals surface area contributed by atoms with Gasteiger partial charge in [-0.05, 0) is 31.2 Å². The third-order valence-electron chi connectivity index (χ3n) is 3.48. The predicted molar refractivity (Wildman–Crippen MR) is 77.1 cm³/mol. The summed E-state index contributed by atoms with van der Waals surface area (Å²) < 4.78 is 26.6. The Morgan fingerprint density at radius 1 is 1.21 bits per heavy atom. The lowest BCUT2D eigenvalue weighted by Crippen LogP contribution is -2.48. The van der Waals surface area contributed by atoms with Crippen LogP contribution in [0.15, 0.2) is 23.1 Å². The molecule has 1 saturated heterocycles. The first-order chi connectivity index (χ1) is 8.95. The minimum atomic E-state index is -3.47. The van der Waals surface area contributed by atoms with E-state index in [1.807, 2.05) is 6.92 Å². The average Bonchev–Trinajstić information content (AvgIpc) is 2.38. The molecule has 19 heavy (non-hydrogen) atoms. The van der Waals surface area contributed by atoms with Crippen LogP contribution in [0.2, 0.25) is 5.02 Å². The molecule has 1 heterocycles. The Labute approximate surface area is 120 Å². The number of hydrogen-bond acceptors (Lipinski definition) is 3. The van der Waals surface area contributed by atoms with Gasteiger partial charge in [0.1, 0.15) is 4.90 Å². The molecule has 4 nitrogen and oxygen atoms in total. The Hall–Kier alpha value is -0.620. The van der Waals surface area contributed by atoms with Crippen molar-refractivity contribution in [1.82, 2.24) is 9.21 Å². The fourth-order valence-electron chi connectivity index (χ4n) is 2.24. The van der Waals surface area contributed by atoms with Crippen molar-refractivity contribution in [1.29, 1.82) is 0 Å². The highest BCUT2D eigenvalue weighted by molar-refractivity contribution is 7.89. The molecule has 6 heteroatoms. The van der Waals surface area contributed by atoms with Gasteiger partial charge in [0.15, 0.2) is 0 Å². The van der Waals surface area contributed by atoms with Crippen molar-refractivity contribution >= 4 is 21.6 Å². The molecule has 0 aromatic heterocycles. The average molecular weight is 303 g/mol. The van der Waals surface area contributed by atoms with E-state index in [9.17, 15) is 8.42 Å². The zero-order valence-corrected chi connectivity index (χ0v) is 12.8. The van der Waals surface area contributed by atoms with E-state index < -0.39 is 10.0 Å². The Balaban J connectivity index is 2.23. The maximum atomic E-state index is 12.5. The van der Waals surface area contributed by atoms with Crippen LogP contribution in [0.1, 0.15) is 12.5 Å². The molecular formula is C13H19ClN2O2S. The number of nitrogens with zero attached hydrogens (tertiary/aromatic N) is 2. The Kier molecular flexibility index (Phi) is 4.50. The lowest BCUT2D eigenvalue weighted by atomic mass is 10.2. The molecule has 0 radical (unpaired) electrons. The minimum Gasteiger partial charge on any atom is -0.301 e. The highest BCUT2D eigenvalue weighted by Crippen LogP contribution is 2.26. The standard InChI is InChI=1S/C13H19ClN2O2S/c1-3-15-6-8-16(9-7-15)19(17,18)13-5-4-11(2)10-12(13)14/h4-5,10H,3,6-9H2,1-2H3. The van der Waals surface area contributed by atoms with E-state index in [-0.39, 0.29) is 4.90 Å². The molecule has 1 aliphatic rings. The van der Waals surface area contributed by atoms with Crippen molar-refractivity contribution in [2.75, 3.05) is 32.7 Å². The summed E-state index contributed by atoms with van der Waals surface area (Å²) in [6.07, 6.45) is 0. The topological polar surface area (TPSA) is 40.6 Å². The Bertz CT molecular complexity index is 552. The molecule has 0 bridgehead atoms. The highest BCUT2D eigenvalue weighted by atomic mass is 35.5. The van der Waals surface area contributed by atoms with Gasteiger partial charge in [0.05, 0.1) is 5.02 Å². The fraction of sp³-hybridized carbons (Fsp3) is 0.538. The number of benzene rings is 1. The zero-order chi connectivity index (χ0) is 14.0. The molecule has 1 aromatic carbocycles. The van der Waals surface area contributed by atoms with Gasteiger partial charge in [-0.2, -0.15) is 4.31 Å². The molecule has 0 atom stereocenters. The SMILES string of the molecule is CCN1CCN(S(=O)(=O)c2ccc(C)cc2Cl)CC1. The molecule has 0 aliphatic carbocycles. The van der Waals surface area contributed by atoms with Crippen molar-refractivity contribution in [2.24, 2.45) is 0 Å². The molecule has 0 spiro atoms. The first kappa shape index (κ1) is 14.8. The van der Waals surface area contributed by atoms with E-state index in [1.165, 1.54) is 4.31 Å². The quantitative estimate of drug-likeness (QED) is 0.857. The number of rotatable bonds is 3. The van der Waals surface area contributed by atoms with Crippen molar-refractivity contribution in [2.45, 2.75) is 18.7 Å². The van der Waals surface area contributed by atoms with Gasteiger partial charge in [-0.15, -0.1) is 0 Å². The smallest absolute Gasteiger partial charge is 0.244 e. The second-order valence-electron chi connectivity index (χ2n) is 4.77. The molecule has 1 aromatic rings. The van der Waals surface area contributed by atoms with Crippen molar-refractivity contribution in [3.8, 4) is 0 Å². The molecule has 0 N–H and O–H groups in total. The zero-order valence-electron chi connectivity index (χ0n) is 11.3. The fourth-order valence-corrected chi connectivity index (χ4v) is 4.24. The molecule has 1 aliphatic heterocycles. The molecule has 106 valence electrons. The second kappa shape index (κ2) is 5.79. The van der Waals surface area contributed by atoms with Crippen LogP contribution in [0.4, 0.5) is 0 Å². The van der Waals surface area contributed by atoms with Crippen LogP contribution >= 0.6 is 11.6 Å². The lowest BCUT2D eigenvalue weighted by molar-refractivity contribution is 0.196. The van der Waals surface area contributed by atoms with Gasteiger partial charge in [0.2, 0.25) is 10.0 Å². The monoisotopic (exact) mass is 302 g/mol. The molecule has 0 unspecified atom stereocenters. The van der Waals surface area contributed by atoms with E-state index in [4.69, 9.17) is 11.6 Å². The van der Waals surface area contributed by atoms with Crippen LogP contribution in [-0.4, -0.2) is 50.3 Å². The normalized spacial score (nSPS) is 18.7. The maximum absolute atomic E-state index is 12.5. The van der Waals surface area contributed by atoms with Crippen molar-refractivity contribution < 1.29 is 8.42 Å². The summed E-state index contributed by atoms with van der Waals surface area (Å²) in [5, 5.41) is 0.304. The summed E-state index contributed by atoms with van der Waals surface area (Å²) in [7, 11) is -3.47. The lowest BCUT2D eigenvalue weighted by Gasteiger charge is -2.33. The van der Waals surface area contributed by atoms with E-state index in [0.29, 0.717) is 18.1 Å². The number of piperazine rings is 1. The summed E-state index contributed by atoms with van der Waals surface area (Å²) in [6.45, 7) is 7.54. The number of sulfonamides is 1. The molecule has 2 rings (SSSR count). The van der Waals surface area contributed by atoms with Gasteiger partial charge in [-0.25, -0.2) is 8.42 Å². The van der Waals surface area contributed by atoms with Gasteiger partial charge in [0, 0.05) is 26.2 Å². The van der Waals surface area contributed by atoms with Gasteiger partial charge in [-0.1, -0.05) is 24.6 Å². The van der Waals surface area contributed by atoms with E-state index in [0.717, 1.165) is 25.2 Å². The third kappa shape index (κ3) is 3.11. The van der Waals surface area contributed by atoms with Crippen LogP contribution in [-0.2, 0) is 10.0 Å². The predicted octanol–water partition coefficient (Wildman–Crippen LogP) is 1.97. The highest BCUT2D eigenvalue weighted by Gasteiger charge is 2.29. The van der Waals surface area contributed by atoms with Gasteiger partial charge in [0.25, 0.3) is 0 Å². The van der Waals surface area contributed by atoms with Crippen molar-refractivity contribution in [3.63, 3.8) is 0 Å². The Morgan fingerprint density at radius 2 is 1.84 bits per heavy atom. The summed E-state index contributed by atoms with van der Waals surface area (Å²) in [4.78, 5) is 2.45. The minimum absolute atomic E-state index is 0.213. The summed E-state index contributed by atoms with van der Waals surface area (Å²) in [5.74, 6) is 0. The number of hydrogen-bond donors (Lipinski definition) is 0. The largest absolute Gasteiger partial charge is 0.301 e. The molecule has 0 saturated carbocycles.